The van der Waals surface area contributed by atoms with Crippen LogP contribution in [0, 0.1) is 12.8 Å². The number of aryl methyl sites for hydroxylation is 1. The van der Waals surface area contributed by atoms with Crippen molar-refractivity contribution < 1.29 is 9.53 Å². The Hall–Kier alpha value is -2.88. The van der Waals surface area contributed by atoms with Crippen molar-refractivity contribution in [2.24, 2.45) is 16.6 Å². The Morgan fingerprint density at radius 1 is 1.11 bits per heavy atom. The fraction of sp³-hybridized carbons (Fsp3) is 0.556. The summed E-state index contributed by atoms with van der Waals surface area (Å²) in [6.07, 6.45) is 5.20. The van der Waals surface area contributed by atoms with Gasteiger partial charge < -0.3 is 26.0 Å². The van der Waals surface area contributed by atoms with Crippen molar-refractivity contribution >= 4 is 24.3 Å². The topological polar surface area (TPSA) is 118 Å². The lowest BCUT2D eigenvalue weighted by Gasteiger charge is -2.27. The van der Waals surface area contributed by atoms with E-state index in [0.29, 0.717) is 25.6 Å². The minimum absolute atomic E-state index is 0.662. The molecule has 2 aliphatic rings. The number of nitrogens with one attached hydrogen (secondary N) is 2. The summed E-state index contributed by atoms with van der Waals surface area (Å²) in [4.78, 5) is 26.3. The lowest BCUT2D eigenvalue weighted by atomic mass is 10.0. The third kappa shape index (κ3) is 10.0. The maximum atomic E-state index is 10.6. The van der Waals surface area contributed by atoms with E-state index >= 15 is 0 Å². The molecule has 9 heteroatoms. The van der Waals surface area contributed by atoms with Crippen molar-refractivity contribution in [3.63, 3.8) is 0 Å². The number of morpholine rings is 1. The zero-order chi connectivity index (χ0) is 26.8. The molecule has 3 heterocycles. The molecule has 1 aromatic heterocycles. The number of benzene rings is 1. The van der Waals surface area contributed by atoms with Gasteiger partial charge in [0.2, 0.25) is 12.4 Å². The maximum absolute atomic E-state index is 10.6. The van der Waals surface area contributed by atoms with Crippen molar-refractivity contribution in [1.29, 1.82) is 0 Å². The maximum Gasteiger partial charge on any atom is 0.226 e. The predicted octanol–water partition coefficient (Wildman–Crippen LogP) is 3.51. The second-order valence-corrected chi connectivity index (χ2v) is 8.13. The number of rotatable bonds is 5. The third-order valence-electron chi connectivity index (χ3n) is 5.69. The average Bonchev–Trinajstić information content (AvgIpc) is 2.94. The van der Waals surface area contributed by atoms with Gasteiger partial charge in [-0.3, -0.25) is 9.79 Å². The number of aliphatic imine (C=N–C) groups is 1. The lowest BCUT2D eigenvalue weighted by Crippen LogP contribution is -2.37. The van der Waals surface area contributed by atoms with Crippen molar-refractivity contribution in [1.82, 2.24) is 15.3 Å². The molecule has 0 bridgehead atoms. The van der Waals surface area contributed by atoms with E-state index in [0.717, 1.165) is 47.2 Å². The summed E-state index contributed by atoms with van der Waals surface area (Å²) in [5.74, 6) is 1.68. The van der Waals surface area contributed by atoms with E-state index in [1.165, 1.54) is 33.0 Å². The van der Waals surface area contributed by atoms with Crippen LogP contribution in [0.3, 0.4) is 0 Å². The van der Waals surface area contributed by atoms with E-state index in [4.69, 9.17) is 9.72 Å². The van der Waals surface area contributed by atoms with E-state index in [9.17, 15) is 4.79 Å². The van der Waals surface area contributed by atoms with Crippen LogP contribution in [0.25, 0.3) is 11.3 Å². The zero-order valence-corrected chi connectivity index (χ0v) is 22.9. The van der Waals surface area contributed by atoms with E-state index in [1.807, 2.05) is 45.0 Å². The molecule has 0 unspecified atom stereocenters. The van der Waals surface area contributed by atoms with Gasteiger partial charge in [-0.05, 0) is 58.0 Å². The summed E-state index contributed by atoms with van der Waals surface area (Å²) >= 11 is 0. The number of nitrogens with two attached hydrogens (primary N) is 1. The van der Waals surface area contributed by atoms with Crippen LogP contribution in [-0.4, -0.2) is 76.1 Å². The fourth-order valence-electron chi connectivity index (χ4n) is 3.73. The number of carbonyl (C=O) groups excluding carboxylic acids is 1. The fourth-order valence-corrected chi connectivity index (χ4v) is 3.73. The number of carbonyl (C=O) groups is 1. The zero-order valence-electron chi connectivity index (χ0n) is 22.9. The van der Waals surface area contributed by atoms with Crippen LogP contribution < -0.4 is 21.3 Å². The normalized spacial score (nSPS) is 15.5. The summed E-state index contributed by atoms with van der Waals surface area (Å²) in [6, 6.07) is 7.57. The molecule has 9 nitrogen and oxygen atoms in total. The van der Waals surface area contributed by atoms with Gasteiger partial charge in [-0.25, -0.2) is 9.97 Å². The molecule has 2 saturated heterocycles. The van der Waals surface area contributed by atoms with Gasteiger partial charge in [0.05, 0.1) is 24.6 Å². The molecule has 2 aliphatic heterocycles. The average molecular weight is 500 g/mol. The summed E-state index contributed by atoms with van der Waals surface area (Å²) in [5, 5.41) is 5.95. The van der Waals surface area contributed by atoms with E-state index < -0.39 is 0 Å². The number of ether oxygens (including phenoxy) is 1. The second kappa shape index (κ2) is 18.4. The number of piperidine rings is 1. The van der Waals surface area contributed by atoms with Crippen molar-refractivity contribution in [2.75, 3.05) is 63.7 Å². The van der Waals surface area contributed by atoms with E-state index in [1.54, 1.807) is 13.3 Å². The minimum Gasteiger partial charge on any atom is -0.378 e. The van der Waals surface area contributed by atoms with Crippen LogP contribution in [0.5, 0.6) is 0 Å². The largest absolute Gasteiger partial charge is 0.378 e. The molecule has 0 aliphatic carbocycles. The molecule has 36 heavy (non-hydrogen) atoms. The third-order valence-corrected chi connectivity index (χ3v) is 5.69. The van der Waals surface area contributed by atoms with Gasteiger partial charge in [0, 0.05) is 43.2 Å². The molecule has 4 rings (SSSR count). The first-order chi connectivity index (χ1) is 17.6. The molecule has 0 saturated carbocycles. The van der Waals surface area contributed by atoms with Gasteiger partial charge in [-0.1, -0.05) is 32.9 Å². The van der Waals surface area contributed by atoms with Crippen LogP contribution in [0.4, 0.5) is 11.6 Å². The highest BCUT2D eigenvalue weighted by atomic mass is 16.5. The standard InChI is InChI=1S/C18H21N5O2.C6H13N.C2H6.CH5N/c1-13-16(11-19-2)17(14-3-5-15(6-4-14)20-12-24)22-18(21-13)23-7-9-25-10-8-23;1-6-2-4-7-5-3-6;2*1-2/h3-6,11-12H,7-10H2,1-2H3,(H,20,24);6-7H,2-5H2,1H3;1-2H3;2H2,1H3. The number of nitrogens with zero attached hydrogens (tertiary/aromatic N) is 4. The van der Waals surface area contributed by atoms with Gasteiger partial charge >= 0.3 is 0 Å². The van der Waals surface area contributed by atoms with Crippen molar-refractivity contribution in [3.05, 3.63) is 35.5 Å². The number of amides is 1. The first-order valence-electron chi connectivity index (χ1n) is 12.8. The van der Waals surface area contributed by atoms with Gasteiger partial charge in [0.15, 0.2) is 0 Å². The number of aromatic nitrogens is 2. The number of hydrogen-bond donors (Lipinski definition) is 3. The van der Waals surface area contributed by atoms with E-state index in [-0.39, 0.29) is 0 Å². The molecular formula is C27H45N7O2. The van der Waals surface area contributed by atoms with Crippen molar-refractivity contribution in [2.45, 2.75) is 40.5 Å². The Labute approximate surface area is 217 Å². The molecule has 0 spiro atoms. The van der Waals surface area contributed by atoms with E-state index in [2.05, 4.69) is 38.2 Å². The first kappa shape index (κ1) is 31.2. The molecule has 2 fully saturated rings. The Morgan fingerprint density at radius 3 is 2.22 bits per heavy atom. The van der Waals surface area contributed by atoms with Crippen LogP contribution in [0.15, 0.2) is 29.3 Å². The van der Waals surface area contributed by atoms with Crippen LogP contribution in [-0.2, 0) is 9.53 Å². The SMILES string of the molecule is CC.CC1CCNCC1.CN.CN=Cc1c(C)nc(N2CCOCC2)nc1-c1ccc(NC=O)cc1. The monoisotopic (exact) mass is 499 g/mol. The van der Waals surface area contributed by atoms with Crippen LogP contribution in [0.1, 0.15) is 44.9 Å². The molecule has 2 aromatic rings. The molecular weight excluding hydrogens is 454 g/mol. The molecule has 0 atom stereocenters. The lowest BCUT2D eigenvalue weighted by molar-refractivity contribution is -0.105. The molecule has 1 aromatic carbocycles. The second-order valence-electron chi connectivity index (χ2n) is 8.13. The minimum atomic E-state index is 0.662. The highest BCUT2D eigenvalue weighted by Crippen LogP contribution is 2.26. The molecule has 1 amide bonds. The Balaban J connectivity index is 0.000000496. The van der Waals surface area contributed by atoms with Gasteiger partial charge in [-0.2, -0.15) is 0 Å². The number of anilines is 2. The quantitative estimate of drug-likeness (QED) is 0.426. The molecule has 200 valence electrons. The van der Waals surface area contributed by atoms with Gasteiger partial charge in [-0.15, -0.1) is 0 Å². The molecule has 4 N–H and O–H groups in total. The van der Waals surface area contributed by atoms with Crippen LogP contribution in [0.2, 0.25) is 0 Å². The highest BCUT2D eigenvalue weighted by Gasteiger charge is 2.18. The summed E-state index contributed by atoms with van der Waals surface area (Å²) < 4.78 is 5.41. The predicted molar refractivity (Wildman–Crippen MR) is 151 cm³/mol. The van der Waals surface area contributed by atoms with Gasteiger partial charge in [0.25, 0.3) is 0 Å². The smallest absolute Gasteiger partial charge is 0.226 e. The summed E-state index contributed by atoms with van der Waals surface area (Å²) in [5.41, 5.74) is 8.80. The highest BCUT2D eigenvalue weighted by molar-refractivity contribution is 5.90. The Morgan fingerprint density at radius 2 is 1.72 bits per heavy atom. The molecule has 0 radical (unpaired) electrons. The van der Waals surface area contributed by atoms with Crippen molar-refractivity contribution in [3.8, 4) is 11.3 Å². The first-order valence-corrected chi connectivity index (χ1v) is 12.8. The Bertz CT molecular complexity index is 892. The van der Waals surface area contributed by atoms with Crippen LogP contribution >= 0.6 is 0 Å². The number of hydrogen-bond acceptors (Lipinski definition) is 8. The Kier molecular flexibility index (Phi) is 15.9. The summed E-state index contributed by atoms with van der Waals surface area (Å²) in [7, 11) is 3.23. The van der Waals surface area contributed by atoms with Gasteiger partial charge in [0.1, 0.15) is 0 Å². The summed E-state index contributed by atoms with van der Waals surface area (Å²) in [6.45, 7) is 13.7.